The summed E-state index contributed by atoms with van der Waals surface area (Å²) in [5.74, 6) is 2.05. The van der Waals surface area contributed by atoms with Crippen molar-refractivity contribution >= 4 is 27.5 Å². The summed E-state index contributed by atoms with van der Waals surface area (Å²) in [5, 5.41) is 0.518. The molecule has 2 N–H and O–H groups in total. The zero-order chi connectivity index (χ0) is 14.7. The number of hydrogen-bond donors (Lipinski definition) is 1. The molecule has 0 radical (unpaired) electrons. The van der Waals surface area contributed by atoms with Gasteiger partial charge in [-0.25, -0.2) is 9.97 Å². The lowest BCUT2D eigenvalue weighted by atomic mass is 10.2. The molecular weight excluding hydrogens is 342 g/mol. The minimum atomic E-state index is 0.240. The number of hydrogen-bond acceptors (Lipinski definition) is 4. The van der Waals surface area contributed by atoms with E-state index in [-0.39, 0.29) is 12.5 Å². The van der Waals surface area contributed by atoms with Gasteiger partial charge in [0.15, 0.2) is 5.75 Å². The summed E-state index contributed by atoms with van der Waals surface area (Å²) in [7, 11) is 0. The highest BCUT2D eigenvalue weighted by molar-refractivity contribution is 9.10. The second kappa shape index (κ2) is 6.52. The Morgan fingerprint density at radius 2 is 2.10 bits per heavy atom. The molecule has 106 valence electrons. The second-order valence-corrected chi connectivity index (χ2v) is 5.90. The number of halogens is 2. The van der Waals surface area contributed by atoms with Crippen LogP contribution < -0.4 is 10.5 Å². The van der Waals surface area contributed by atoms with Gasteiger partial charge < -0.3 is 10.5 Å². The first-order chi connectivity index (χ1) is 9.51. The van der Waals surface area contributed by atoms with Gasteiger partial charge in [-0.3, -0.25) is 0 Å². The summed E-state index contributed by atoms with van der Waals surface area (Å²) in [6.45, 7) is 4.34. The Morgan fingerprint density at radius 3 is 2.75 bits per heavy atom. The summed E-state index contributed by atoms with van der Waals surface area (Å²) in [5.41, 5.74) is 6.40. The Hall–Kier alpha value is -1.17. The lowest BCUT2D eigenvalue weighted by Crippen LogP contribution is -2.07. The summed E-state index contributed by atoms with van der Waals surface area (Å²) in [6, 6.07) is 5.39. The Morgan fingerprint density at radius 1 is 1.35 bits per heavy atom. The quantitative estimate of drug-likeness (QED) is 0.889. The van der Waals surface area contributed by atoms with Crippen LogP contribution in [0.1, 0.15) is 31.3 Å². The SMILES string of the molecule is CC(C)c1ncc(Oc2cc(Br)ccc2Cl)c(CN)n1. The third-order valence-corrected chi connectivity index (χ3v) is 3.48. The highest BCUT2D eigenvalue weighted by Crippen LogP contribution is 2.33. The molecule has 1 aromatic heterocycles. The smallest absolute Gasteiger partial charge is 0.168 e. The van der Waals surface area contributed by atoms with Crippen LogP contribution in [0.25, 0.3) is 0 Å². The van der Waals surface area contributed by atoms with E-state index in [1.54, 1.807) is 18.3 Å². The first-order valence-electron chi connectivity index (χ1n) is 6.20. The maximum Gasteiger partial charge on any atom is 0.168 e. The number of ether oxygens (including phenoxy) is 1. The molecule has 2 rings (SSSR count). The van der Waals surface area contributed by atoms with Crippen molar-refractivity contribution in [2.75, 3.05) is 0 Å². The van der Waals surface area contributed by atoms with Gasteiger partial charge in [0.25, 0.3) is 0 Å². The van der Waals surface area contributed by atoms with Crippen LogP contribution in [0.4, 0.5) is 0 Å². The van der Waals surface area contributed by atoms with Crippen molar-refractivity contribution in [2.45, 2.75) is 26.3 Å². The van der Waals surface area contributed by atoms with Gasteiger partial charge in [-0.15, -0.1) is 0 Å². The molecule has 0 aliphatic carbocycles. The highest BCUT2D eigenvalue weighted by atomic mass is 79.9. The molecule has 0 bridgehead atoms. The van der Waals surface area contributed by atoms with Crippen LogP contribution in [0.5, 0.6) is 11.5 Å². The van der Waals surface area contributed by atoms with E-state index in [1.165, 1.54) is 0 Å². The minimum Gasteiger partial charge on any atom is -0.452 e. The molecule has 0 unspecified atom stereocenters. The molecule has 1 heterocycles. The third-order valence-electron chi connectivity index (χ3n) is 2.67. The molecule has 0 amide bonds. The van der Waals surface area contributed by atoms with E-state index in [0.29, 0.717) is 22.2 Å². The number of benzene rings is 1. The van der Waals surface area contributed by atoms with E-state index in [1.807, 2.05) is 19.9 Å². The topological polar surface area (TPSA) is 61.0 Å². The van der Waals surface area contributed by atoms with E-state index >= 15 is 0 Å². The van der Waals surface area contributed by atoms with Crippen LogP contribution in [0.3, 0.4) is 0 Å². The molecule has 0 atom stereocenters. The van der Waals surface area contributed by atoms with E-state index < -0.39 is 0 Å². The van der Waals surface area contributed by atoms with Crippen LogP contribution in [0, 0.1) is 0 Å². The van der Waals surface area contributed by atoms with E-state index in [0.717, 1.165) is 10.3 Å². The molecule has 6 heteroatoms. The van der Waals surface area contributed by atoms with Crippen LogP contribution in [0.15, 0.2) is 28.9 Å². The third kappa shape index (κ3) is 3.48. The van der Waals surface area contributed by atoms with Crippen molar-refractivity contribution in [1.29, 1.82) is 0 Å². The minimum absolute atomic E-state index is 0.240. The Kier molecular flexibility index (Phi) is 4.96. The lowest BCUT2D eigenvalue weighted by Gasteiger charge is -2.12. The molecule has 4 nitrogen and oxygen atoms in total. The van der Waals surface area contributed by atoms with Crippen molar-refractivity contribution < 1.29 is 4.74 Å². The molecular formula is C14H15BrClN3O. The second-order valence-electron chi connectivity index (χ2n) is 4.57. The Bertz CT molecular complexity index is 619. The van der Waals surface area contributed by atoms with Gasteiger partial charge in [0, 0.05) is 16.9 Å². The molecule has 20 heavy (non-hydrogen) atoms. The Labute approximate surface area is 131 Å². The van der Waals surface area contributed by atoms with Gasteiger partial charge in [0.2, 0.25) is 0 Å². The summed E-state index contributed by atoms with van der Waals surface area (Å²) >= 11 is 9.49. The number of aromatic nitrogens is 2. The fourth-order valence-electron chi connectivity index (χ4n) is 1.61. The standard InChI is InChI=1S/C14H15BrClN3O/c1-8(2)14-18-7-13(11(6-17)19-14)20-12-5-9(15)3-4-10(12)16/h3-5,7-8H,6,17H2,1-2H3. The average Bonchev–Trinajstić information content (AvgIpc) is 2.43. The van der Waals surface area contributed by atoms with Gasteiger partial charge in [0.1, 0.15) is 17.3 Å². The largest absolute Gasteiger partial charge is 0.452 e. The Balaban J connectivity index is 2.35. The zero-order valence-corrected chi connectivity index (χ0v) is 13.6. The fourth-order valence-corrected chi connectivity index (χ4v) is 2.10. The predicted molar refractivity (Wildman–Crippen MR) is 83.2 cm³/mol. The molecule has 0 fully saturated rings. The molecule has 0 aliphatic rings. The summed E-state index contributed by atoms with van der Waals surface area (Å²) in [6.07, 6.45) is 1.64. The monoisotopic (exact) mass is 355 g/mol. The van der Waals surface area contributed by atoms with Gasteiger partial charge >= 0.3 is 0 Å². The maximum atomic E-state index is 6.11. The molecule has 0 aliphatic heterocycles. The first-order valence-corrected chi connectivity index (χ1v) is 7.37. The van der Waals surface area contributed by atoms with Crippen molar-refractivity contribution in [1.82, 2.24) is 9.97 Å². The lowest BCUT2D eigenvalue weighted by molar-refractivity contribution is 0.467. The first kappa shape index (κ1) is 15.2. The maximum absolute atomic E-state index is 6.11. The summed E-state index contributed by atoms with van der Waals surface area (Å²) in [4.78, 5) is 8.71. The molecule has 2 aromatic rings. The van der Waals surface area contributed by atoms with E-state index in [9.17, 15) is 0 Å². The van der Waals surface area contributed by atoms with Gasteiger partial charge in [-0.05, 0) is 18.2 Å². The van der Waals surface area contributed by atoms with Crippen molar-refractivity contribution in [3.8, 4) is 11.5 Å². The van der Waals surface area contributed by atoms with Crippen LogP contribution in [-0.4, -0.2) is 9.97 Å². The number of rotatable bonds is 4. The number of nitrogens with two attached hydrogens (primary N) is 1. The normalized spacial score (nSPS) is 10.9. The van der Waals surface area contributed by atoms with Crippen molar-refractivity contribution in [3.05, 3.63) is 45.4 Å². The van der Waals surface area contributed by atoms with Crippen LogP contribution in [-0.2, 0) is 6.54 Å². The molecule has 0 saturated heterocycles. The van der Waals surface area contributed by atoms with Crippen LogP contribution >= 0.6 is 27.5 Å². The van der Waals surface area contributed by atoms with Crippen molar-refractivity contribution in [2.24, 2.45) is 5.73 Å². The number of nitrogens with zero attached hydrogens (tertiary/aromatic N) is 2. The fraction of sp³-hybridized carbons (Fsp3) is 0.286. The van der Waals surface area contributed by atoms with Gasteiger partial charge in [0.05, 0.1) is 11.2 Å². The van der Waals surface area contributed by atoms with Crippen molar-refractivity contribution in [3.63, 3.8) is 0 Å². The van der Waals surface area contributed by atoms with E-state index in [2.05, 4.69) is 25.9 Å². The molecule has 1 aromatic carbocycles. The van der Waals surface area contributed by atoms with E-state index in [4.69, 9.17) is 22.1 Å². The van der Waals surface area contributed by atoms with Gasteiger partial charge in [-0.1, -0.05) is 41.4 Å². The molecule has 0 spiro atoms. The van der Waals surface area contributed by atoms with Crippen LogP contribution in [0.2, 0.25) is 5.02 Å². The van der Waals surface area contributed by atoms with Gasteiger partial charge in [-0.2, -0.15) is 0 Å². The predicted octanol–water partition coefficient (Wildman–Crippen LogP) is 4.27. The zero-order valence-electron chi connectivity index (χ0n) is 11.2. The average molecular weight is 357 g/mol. The molecule has 0 saturated carbocycles. The summed E-state index contributed by atoms with van der Waals surface area (Å²) < 4.78 is 6.66. The highest BCUT2D eigenvalue weighted by Gasteiger charge is 2.12.